The highest BCUT2D eigenvalue weighted by Gasteiger charge is 2.44. The van der Waals surface area contributed by atoms with Crippen LogP contribution in [0, 0.1) is 0 Å². The van der Waals surface area contributed by atoms with E-state index in [-0.39, 0.29) is 6.71 Å². The van der Waals surface area contributed by atoms with Crippen LogP contribution in [0.1, 0.15) is 16.7 Å². The summed E-state index contributed by atoms with van der Waals surface area (Å²) < 4.78 is 0. The van der Waals surface area contributed by atoms with E-state index in [0.29, 0.717) is 35.4 Å². The minimum absolute atomic E-state index is 0.163. The number of hydrogen-bond acceptors (Lipinski definition) is 9. The van der Waals surface area contributed by atoms with Crippen LogP contribution in [0.5, 0.6) is 0 Å². The first-order chi connectivity index (χ1) is 43.6. The van der Waals surface area contributed by atoms with E-state index in [2.05, 4.69) is 252 Å². The van der Waals surface area contributed by atoms with E-state index >= 15 is 0 Å². The van der Waals surface area contributed by atoms with Crippen molar-refractivity contribution in [3.05, 3.63) is 320 Å². The maximum atomic E-state index is 5.21. The van der Waals surface area contributed by atoms with Crippen molar-refractivity contribution in [2.75, 3.05) is 9.80 Å². The van der Waals surface area contributed by atoms with Crippen molar-refractivity contribution < 1.29 is 0 Å². The van der Waals surface area contributed by atoms with Gasteiger partial charge in [-0.05, 0) is 127 Å². The van der Waals surface area contributed by atoms with Crippen LogP contribution in [-0.4, -0.2) is 47.0 Å². The molecule has 0 radical (unpaired) electrons. The second-order valence-electron chi connectivity index (χ2n) is 22.3. The summed E-state index contributed by atoms with van der Waals surface area (Å²) in [5.41, 5.74) is 24.0. The van der Waals surface area contributed by atoms with Gasteiger partial charge < -0.3 is 9.80 Å². The first-order valence-electron chi connectivity index (χ1n) is 29.6. The topological polar surface area (TPSA) is 83.9 Å². The van der Waals surface area contributed by atoms with Crippen LogP contribution in [0.4, 0.5) is 34.1 Å². The van der Waals surface area contributed by atoms with E-state index in [1.165, 1.54) is 38.6 Å². The molecule has 0 fully saturated rings. The van der Waals surface area contributed by atoms with E-state index < -0.39 is 0 Å². The fraction of sp³-hybridized carbons (Fsp3) is 0. The molecule has 0 unspecified atom stereocenters. The first-order valence-corrected chi connectivity index (χ1v) is 29.6. The Hall–Kier alpha value is -11.9. The zero-order chi connectivity index (χ0) is 58.1. The third kappa shape index (κ3) is 8.81. The number of anilines is 6. The van der Waals surface area contributed by atoms with Gasteiger partial charge in [-0.25, -0.2) is 4.90 Å². The smallest absolute Gasteiger partial charge is 0.252 e. The monoisotopic (exact) mass is 1120 g/mol. The summed E-state index contributed by atoms with van der Waals surface area (Å²) in [6, 6.07) is 108. The molecular formula is C78H50BN9. The average Bonchev–Trinajstić information content (AvgIpc) is 0.726. The largest absolute Gasteiger partial charge is 0.311 e. The molecule has 0 saturated carbocycles. The molecule has 17 rings (SSSR count). The van der Waals surface area contributed by atoms with Gasteiger partial charge >= 0.3 is 0 Å². The van der Waals surface area contributed by atoms with Crippen LogP contribution in [0.15, 0.2) is 333 Å². The highest BCUT2D eigenvalue weighted by Crippen LogP contribution is 2.48. The quantitative estimate of drug-likeness (QED) is 0.128. The Morgan fingerprint density at radius 1 is 0.205 bits per heavy atom. The molecule has 5 aliphatic heterocycles. The molecule has 410 valence electrons. The normalized spacial score (nSPS) is 14.2. The van der Waals surface area contributed by atoms with E-state index in [0.717, 1.165) is 84.2 Å². The minimum atomic E-state index is -0.163. The first kappa shape index (κ1) is 50.6. The van der Waals surface area contributed by atoms with Crippen LogP contribution in [-0.2, 0) is 0 Å². The lowest BCUT2D eigenvalue weighted by molar-refractivity contribution is 0.828. The molecule has 0 spiro atoms. The molecule has 5 aliphatic rings. The van der Waals surface area contributed by atoms with Crippen LogP contribution < -0.4 is 26.2 Å². The standard InChI is InChI=1S/C78H50BN9/c1-7-20-51(21-8-1)55-34-40-64(41-35-55)86-68-44-38-60(53-24-11-3-12-25-53)47-66(68)79-67-48-61(54-26-13-4-14-27-54)39-45-69(67)87(65-42-36-56(37-43-65)52-22-9-2-10-23-52)71-50-63(49-70(86)72(71)79)59-32-19-33-62(46-59)75-84-77-82-73(57-28-15-5-16-29-57)80-76-81-74(58-30-17-6-18-31-58)83-78(85-75)88(76)77/h1-50H. The predicted octanol–water partition coefficient (Wildman–Crippen LogP) is 16.2. The molecule has 88 heavy (non-hydrogen) atoms. The Kier molecular flexibility index (Phi) is 12.1. The molecular weight excluding hydrogens is 1070 g/mol. The predicted molar refractivity (Wildman–Crippen MR) is 364 cm³/mol. The highest BCUT2D eigenvalue weighted by molar-refractivity contribution is 7.00. The van der Waals surface area contributed by atoms with Crippen molar-refractivity contribution >= 4 is 92.6 Å². The van der Waals surface area contributed by atoms with Crippen molar-refractivity contribution in [3.63, 3.8) is 0 Å². The molecule has 0 bridgehead atoms. The Bertz CT molecular complexity index is 4690. The summed E-state index contributed by atoms with van der Waals surface area (Å²) in [7, 11) is 0. The number of rotatable bonds is 10. The van der Waals surface area contributed by atoms with Crippen molar-refractivity contribution in [2.45, 2.75) is 0 Å². The van der Waals surface area contributed by atoms with Gasteiger partial charge in [0, 0.05) is 50.8 Å². The van der Waals surface area contributed by atoms with Crippen LogP contribution in [0.2, 0.25) is 0 Å². The van der Waals surface area contributed by atoms with Gasteiger partial charge in [0.1, 0.15) is 0 Å². The lowest BCUT2D eigenvalue weighted by atomic mass is 9.33. The Morgan fingerprint density at radius 2 is 0.511 bits per heavy atom. The fourth-order valence-electron chi connectivity index (χ4n) is 12.9. The van der Waals surface area contributed by atoms with Gasteiger partial charge in [0.05, 0.1) is 0 Å². The van der Waals surface area contributed by atoms with Gasteiger partial charge in [0.25, 0.3) is 6.71 Å². The zero-order valence-electron chi connectivity index (χ0n) is 47.5. The molecule has 0 aliphatic carbocycles. The minimum Gasteiger partial charge on any atom is -0.311 e. The van der Waals surface area contributed by atoms with Gasteiger partial charge in [-0.15, -0.1) is 0 Å². The van der Waals surface area contributed by atoms with Crippen LogP contribution >= 0.6 is 0 Å². The second-order valence-corrected chi connectivity index (χ2v) is 22.3. The van der Waals surface area contributed by atoms with Crippen LogP contribution in [0.25, 0.3) is 55.6 Å². The number of aliphatic imine (C=N–C) groups is 6. The summed E-state index contributed by atoms with van der Waals surface area (Å²) >= 11 is 0. The van der Waals surface area contributed by atoms with Gasteiger partial charge in [0.2, 0.25) is 17.9 Å². The maximum Gasteiger partial charge on any atom is 0.252 e. The molecule has 10 heteroatoms. The molecule has 9 nitrogen and oxygen atoms in total. The molecule has 0 N–H and O–H groups in total. The molecule has 0 atom stereocenters. The van der Waals surface area contributed by atoms with Gasteiger partial charge in [0.15, 0.2) is 17.5 Å². The molecule has 0 aromatic heterocycles. The van der Waals surface area contributed by atoms with Crippen molar-refractivity contribution in [3.8, 4) is 55.6 Å². The van der Waals surface area contributed by atoms with Crippen molar-refractivity contribution in [1.29, 1.82) is 0 Å². The lowest BCUT2D eigenvalue weighted by Crippen LogP contribution is -2.61. The fourth-order valence-corrected chi connectivity index (χ4v) is 12.9. The summed E-state index contributed by atoms with van der Waals surface area (Å²) in [5.74, 6) is 2.68. The number of benzene rings is 12. The Labute approximate surface area is 510 Å². The summed E-state index contributed by atoms with van der Waals surface area (Å²) in [5, 5.41) is 0. The summed E-state index contributed by atoms with van der Waals surface area (Å²) in [6.07, 6.45) is 0. The summed E-state index contributed by atoms with van der Waals surface area (Å²) in [6.45, 7) is -0.163. The molecule has 12 aromatic carbocycles. The van der Waals surface area contributed by atoms with Crippen molar-refractivity contribution in [1.82, 2.24) is 4.90 Å². The van der Waals surface area contributed by atoms with E-state index in [1.54, 1.807) is 4.90 Å². The van der Waals surface area contributed by atoms with Gasteiger partial charge in [-0.3, -0.25) is 0 Å². The average molecular weight is 1120 g/mol. The molecule has 5 heterocycles. The Morgan fingerprint density at radius 3 is 0.909 bits per heavy atom. The van der Waals surface area contributed by atoms with Crippen LogP contribution in [0.3, 0.4) is 0 Å². The van der Waals surface area contributed by atoms with E-state index in [4.69, 9.17) is 30.0 Å². The summed E-state index contributed by atoms with van der Waals surface area (Å²) in [4.78, 5) is 37.2. The third-order valence-corrected chi connectivity index (χ3v) is 17.1. The zero-order valence-corrected chi connectivity index (χ0v) is 47.5. The third-order valence-electron chi connectivity index (χ3n) is 17.1. The number of nitrogens with zero attached hydrogens (tertiary/aromatic N) is 9. The number of guanidine groups is 3. The maximum absolute atomic E-state index is 5.21. The number of amidine groups is 3. The van der Waals surface area contributed by atoms with E-state index in [9.17, 15) is 0 Å². The number of hydrogen-bond donors (Lipinski definition) is 0. The highest BCUT2D eigenvalue weighted by atomic mass is 15.5. The van der Waals surface area contributed by atoms with Gasteiger partial charge in [-0.2, -0.15) is 30.0 Å². The number of fused-ring (bicyclic) bond motifs is 4. The van der Waals surface area contributed by atoms with Crippen molar-refractivity contribution in [2.24, 2.45) is 30.0 Å². The molecule has 0 amide bonds. The second kappa shape index (κ2) is 21.0. The Balaban J connectivity index is 0.893. The lowest BCUT2D eigenvalue weighted by Gasteiger charge is -2.44. The molecule has 12 aromatic rings. The van der Waals surface area contributed by atoms with E-state index in [1.807, 2.05) is 60.7 Å². The SMILES string of the molecule is c1ccc(C2=NC3=NC(c4ccccc4)=NC4=NC(c5cccc(-c6cc7c8c(c6)N(c6ccc(-c9ccccc9)cc6)c6ccc(-c9ccccc9)cc6B8c6cc(-c8ccccc8)ccc6N7c6ccc(-c7ccccc7)cc6)c5)=NC(=N2)N34)cc1. The van der Waals surface area contributed by atoms with Gasteiger partial charge in [-0.1, -0.05) is 249 Å². The molecule has 0 saturated heterocycles.